The second-order valence-corrected chi connectivity index (χ2v) is 8.99. The van der Waals surface area contributed by atoms with Crippen LogP contribution in [0.15, 0.2) is 87.9 Å². The van der Waals surface area contributed by atoms with Crippen LogP contribution >= 0.6 is 0 Å². The van der Waals surface area contributed by atoms with E-state index in [2.05, 4.69) is 15.5 Å². The Labute approximate surface area is 190 Å². The number of aryl methyl sites for hydroxylation is 1. The number of aromatic nitrogens is 1. The van der Waals surface area contributed by atoms with Gasteiger partial charge in [0.15, 0.2) is 5.69 Å². The molecule has 0 aliphatic rings. The van der Waals surface area contributed by atoms with E-state index in [-0.39, 0.29) is 28.9 Å². The Morgan fingerprint density at radius 3 is 2.33 bits per heavy atom. The number of carbonyl (C=O) groups is 1. The molecule has 1 heterocycles. The first-order chi connectivity index (χ1) is 15.7. The van der Waals surface area contributed by atoms with Crippen LogP contribution in [0, 0.1) is 6.92 Å². The van der Waals surface area contributed by atoms with Gasteiger partial charge in [0.1, 0.15) is 6.54 Å². The molecule has 10 heteroatoms. The molecule has 1 aromatic heterocycles. The zero-order valence-electron chi connectivity index (χ0n) is 17.6. The fourth-order valence-electron chi connectivity index (χ4n) is 3.32. The fraction of sp³-hybridized carbons (Fsp3) is 0.0870. The van der Waals surface area contributed by atoms with E-state index in [9.17, 15) is 18.3 Å². The summed E-state index contributed by atoms with van der Waals surface area (Å²) < 4.78 is 24.2. The molecule has 4 N–H and O–H groups in total. The molecule has 0 aliphatic heterocycles. The molecule has 0 spiro atoms. The van der Waals surface area contributed by atoms with Gasteiger partial charge in [0.05, 0.1) is 16.1 Å². The summed E-state index contributed by atoms with van der Waals surface area (Å²) in [5.74, 6) is -0.517. The van der Waals surface area contributed by atoms with Gasteiger partial charge in [-0.15, -0.1) is 5.11 Å². The second-order valence-electron chi connectivity index (χ2n) is 7.43. The van der Waals surface area contributed by atoms with Crippen molar-refractivity contribution in [1.29, 1.82) is 0 Å². The van der Waals surface area contributed by atoms with Gasteiger partial charge < -0.3 is 15.0 Å². The van der Waals surface area contributed by atoms with Gasteiger partial charge in [0, 0.05) is 11.1 Å². The number of para-hydroxylation sites is 1. The average molecular weight is 464 g/mol. The summed E-state index contributed by atoms with van der Waals surface area (Å²) in [5, 5.41) is 27.6. The van der Waals surface area contributed by atoms with Crippen LogP contribution < -0.4 is 10.5 Å². The lowest BCUT2D eigenvalue weighted by Crippen LogP contribution is -2.18. The van der Waals surface area contributed by atoms with Crippen molar-refractivity contribution in [3.8, 4) is 5.88 Å². The molecule has 4 rings (SSSR count). The number of nitrogens with two attached hydrogens (primary N) is 1. The van der Waals surface area contributed by atoms with Crippen molar-refractivity contribution in [2.75, 3.05) is 5.32 Å². The molecular formula is C23H21N5O4S. The summed E-state index contributed by atoms with van der Waals surface area (Å²) in [4.78, 5) is 12.6. The van der Waals surface area contributed by atoms with Crippen LogP contribution in [-0.4, -0.2) is 24.0 Å². The van der Waals surface area contributed by atoms with E-state index in [1.54, 1.807) is 24.3 Å². The van der Waals surface area contributed by atoms with E-state index in [0.717, 1.165) is 5.56 Å². The molecule has 4 aromatic rings. The van der Waals surface area contributed by atoms with E-state index < -0.39 is 10.0 Å². The Kier molecular flexibility index (Phi) is 5.95. The van der Waals surface area contributed by atoms with Gasteiger partial charge in [-0.2, -0.15) is 5.11 Å². The minimum atomic E-state index is -3.81. The van der Waals surface area contributed by atoms with Crippen molar-refractivity contribution >= 4 is 43.9 Å². The van der Waals surface area contributed by atoms with E-state index in [1.165, 1.54) is 28.8 Å². The first-order valence-electron chi connectivity index (χ1n) is 9.94. The highest BCUT2D eigenvalue weighted by Gasteiger charge is 2.18. The largest absolute Gasteiger partial charge is 0.493 e. The van der Waals surface area contributed by atoms with Crippen LogP contribution in [0.2, 0.25) is 0 Å². The summed E-state index contributed by atoms with van der Waals surface area (Å²) in [7, 11) is -3.81. The minimum absolute atomic E-state index is 0.0412. The van der Waals surface area contributed by atoms with Gasteiger partial charge in [-0.05, 0) is 49.4 Å². The Balaban J connectivity index is 1.62. The predicted molar refractivity (Wildman–Crippen MR) is 125 cm³/mol. The number of rotatable bonds is 6. The molecule has 0 bridgehead atoms. The van der Waals surface area contributed by atoms with Crippen LogP contribution in [0.3, 0.4) is 0 Å². The van der Waals surface area contributed by atoms with Gasteiger partial charge in [-0.3, -0.25) is 4.79 Å². The lowest BCUT2D eigenvalue weighted by atomic mass is 10.2. The van der Waals surface area contributed by atoms with E-state index in [1.807, 2.05) is 31.2 Å². The number of hydrogen-bond acceptors (Lipinski definition) is 6. The molecule has 0 saturated heterocycles. The molecule has 33 heavy (non-hydrogen) atoms. The Morgan fingerprint density at radius 2 is 1.67 bits per heavy atom. The third-order valence-electron chi connectivity index (χ3n) is 4.99. The number of azo groups is 1. The zero-order chi connectivity index (χ0) is 23.6. The fourth-order valence-corrected chi connectivity index (χ4v) is 3.84. The van der Waals surface area contributed by atoms with E-state index in [0.29, 0.717) is 22.3 Å². The number of nitrogens with one attached hydrogen (secondary N) is 1. The second kappa shape index (κ2) is 8.85. The number of hydrogen-bond donors (Lipinski definition) is 3. The van der Waals surface area contributed by atoms with Crippen LogP contribution in [-0.2, 0) is 21.4 Å². The number of aromatic hydroxyl groups is 1. The molecule has 0 atom stereocenters. The van der Waals surface area contributed by atoms with Crippen LogP contribution in [0.4, 0.5) is 17.1 Å². The van der Waals surface area contributed by atoms with Crippen molar-refractivity contribution in [3.63, 3.8) is 0 Å². The average Bonchev–Trinajstić information content (AvgIpc) is 3.04. The lowest BCUT2D eigenvalue weighted by molar-refractivity contribution is -0.116. The maximum atomic E-state index is 12.6. The van der Waals surface area contributed by atoms with E-state index >= 15 is 0 Å². The number of fused-ring (bicyclic) bond motifs is 1. The molecule has 1 amide bonds. The Bertz CT molecular complexity index is 1460. The highest BCUT2D eigenvalue weighted by atomic mass is 32.2. The zero-order valence-corrected chi connectivity index (χ0v) is 18.5. The highest BCUT2D eigenvalue weighted by Crippen LogP contribution is 2.39. The molecular weight excluding hydrogens is 442 g/mol. The third kappa shape index (κ3) is 4.92. The van der Waals surface area contributed by atoms with Gasteiger partial charge in [-0.1, -0.05) is 35.9 Å². The Morgan fingerprint density at radius 1 is 1.00 bits per heavy atom. The van der Waals surface area contributed by atoms with Gasteiger partial charge >= 0.3 is 0 Å². The first kappa shape index (κ1) is 22.2. The molecule has 0 radical (unpaired) electrons. The topological polar surface area (TPSA) is 139 Å². The first-order valence-corrected chi connectivity index (χ1v) is 11.5. The summed E-state index contributed by atoms with van der Waals surface area (Å²) in [6, 6.07) is 20.1. The summed E-state index contributed by atoms with van der Waals surface area (Å²) >= 11 is 0. The number of sulfonamides is 1. The van der Waals surface area contributed by atoms with Crippen molar-refractivity contribution in [3.05, 3.63) is 78.4 Å². The van der Waals surface area contributed by atoms with Crippen LogP contribution in [0.25, 0.3) is 10.9 Å². The van der Waals surface area contributed by atoms with E-state index in [4.69, 9.17) is 5.14 Å². The quantitative estimate of drug-likeness (QED) is 0.366. The van der Waals surface area contributed by atoms with Gasteiger partial charge in [-0.25, -0.2) is 13.6 Å². The number of carbonyl (C=O) groups excluding carboxylic acids is 1. The summed E-state index contributed by atoms with van der Waals surface area (Å²) in [6.07, 6.45) is 0. The monoisotopic (exact) mass is 463 g/mol. The smallest absolute Gasteiger partial charge is 0.244 e. The molecule has 0 saturated carbocycles. The molecule has 3 aromatic carbocycles. The number of amides is 1. The number of primary sulfonamides is 1. The number of benzene rings is 3. The maximum Gasteiger partial charge on any atom is 0.244 e. The van der Waals surface area contributed by atoms with Crippen LogP contribution in [0.1, 0.15) is 5.56 Å². The standard InChI is InChI=1S/C23H21N5O4S/c1-15-6-8-16(9-7-15)25-21(29)14-28-20-5-3-2-4-19(20)22(23(28)30)27-26-17-10-12-18(13-11-17)33(24,31)32/h2-13,30H,14H2,1H3,(H,25,29)(H2,24,31,32). The summed E-state index contributed by atoms with van der Waals surface area (Å²) in [5.41, 5.74) is 2.92. The van der Waals surface area contributed by atoms with Crippen molar-refractivity contribution < 1.29 is 18.3 Å². The highest BCUT2D eigenvalue weighted by molar-refractivity contribution is 7.89. The third-order valence-corrected chi connectivity index (χ3v) is 5.91. The van der Waals surface area contributed by atoms with Gasteiger partial charge in [0.2, 0.25) is 21.8 Å². The van der Waals surface area contributed by atoms with Crippen molar-refractivity contribution in [2.24, 2.45) is 15.4 Å². The SMILES string of the molecule is Cc1ccc(NC(=O)Cn2c(O)c(N=Nc3ccc(S(N)(=O)=O)cc3)c3ccccc32)cc1. The molecule has 0 aliphatic carbocycles. The normalized spacial score (nSPS) is 11.8. The Hall–Kier alpha value is -4.02. The molecule has 0 fully saturated rings. The molecule has 9 nitrogen and oxygen atoms in total. The number of anilines is 1. The summed E-state index contributed by atoms with van der Waals surface area (Å²) in [6.45, 7) is 1.83. The molecule has 168 valence electrons. The maximum absolute atomic E-state index is 12.6. The van der Waals surface area contributed by atoms with Gasteiger partial charge in [0.25, 0.3) is 0 Å². The number of nitrogens with zero attached hydrogens (tertiary/aromatic N) is 3. The van der Waals surface area contributed by atoms with Crippen molar-refractivity contribution in [2.45, 2.75) is 18.4 Å². The molecule has 0 unspecified atom stereocenters. The minimum Gasteiger partial charge on any atom is -0.493 e. The van der Waals surface area contributed by atoms with Crippen molar-refractivity contribution in [1.82, 2.24) is 4.57 Å². The predicted octanol–water partition coefficient (Wildman–Crippen LogP) is 4.36. The lowest BCUT2D eigenvalue weighted by Gasteiger charge is -2.08. The van der Waals surface area contributed by atoms with Crippen LogP contribution in [0.5, 0.6) is 5.88 Å².